The molecule has 0 atom stereocenters. The molecular formula is C12H19NO. The van der Waals surface area contributed by atoms with Gasteiger partial charge in [0, 0.05) is 11.8 Å². The number of hydrogen-bond acceptors (Lipinski definition) is 1. The van der Waals surface area contributed by atoms with Gasteiger partial charge in [-0.2, -0.15) is 0 Å². The van der Waals surface area contributed by atoms with Gasteiger partial charge in [-0.05, 0) is 23.0 Å². The fourth-order valence-electron chi connectivity index (χ4n) is 1.75. The van der Waals surface area contributed by atoms with Crippen LogP contribution in [0.5, 0.6) is 0 Å². The van der Waals surface area contributed by atoms with E-state index < -0.39 is 0 Å². The Bertz CT molecular complexity index is 369. The van der Waals surface area contributed by atoms with Crippen molar-refractivity contribution in [3.8, 4) is 0 Å². The lowest BCUT2D eigenvalue weighted by Gasteiger charge is -2.23. The van der Waals surface area contributed by atoms with Crippen molar-refractivity contribution >= 4 is 0 Å². The molecule has 0 radical (unpaired) electrons. The molecule has 1 aromatic rings. The van der Waals surface area contributed by atoms with Crippen molar-refractivity contribution in [2.24, 2.45) is 0 Å². The van der Waals surface area contributed by atoms with Gasteiger partial charge in [0.15, 0.2) is 0 Å². The second-order valence-electron chi connectivity index (χ2n) is 5.04. The van der Waals surface area contributed by atoms with E-state index in [4.69, 9.17) is 0 Å². The summed E-state index contributed by atoms with van der Waals surface area (Å²) in [7, 11) is 0. The second-order valence-corrected chi connectivity index (χ2v) is 5.04. The van der Waals surface area contributed by atoms with Crippen LogP contribution in [0.4, 0.5) is 0 Å². The third-order valence-electron chi connectivity index (χ3n) is 2.37. The van der Waals surface area contributed by atoms with E-state index in [0.717, 1.165) is 11.1 Å². The molecule has 1 heterocycles. The van der Waals surface area contributed by atoms with Crippen molar-refractivity contribution in [3.63, 3.8) is 0 Å². The normalized spacial score (nSPS) is 12.1. The fourth-order valence-corrected chi connectivity index (χ4v) is 1.75. The average molecular weight is 193 g/mol. The summed E-state index contributed by atoms with van der Waals surface area (Å²) in [6, 6.07) is 2.01. The lowest BCUT2D eigenvalue weighted by atomic mass is 9.82. The SMILES string of the molecule is CC(C)c1cc[nH]c(=O)c1C(C)(C)C. The lowest BCUT2D eigenvalue weighted by Crippen LogP contribution is -2.26. The molecule has 2 nitrogen and oxygen atoms in total. The maximum absolute atomic E-state index is 11.7. The van der Waals surface area contributed by atoms with Gasteiger partial charge in [0.2, 0.25) is 0 Å². The molecule has 1 rings (SSSR count). The van der Waals surface area contributed by atoms with Gasteiger partial charge < -0.3 is 4.98 Å². The maximum atomic E-state index is 11.7. The molecule has 14 heavy (non-hydrogen) atoms. The summed E-state index contributed by atoms with van der Waals surface area (Å²) in [5.41, 5.74) is 2.02. The number of aromatic nitrogens is 1. The molecule has 0 unspecified atom stereocenters. The molecule has 0 aromatic carbocycles. The van der Waals surface area contributed by atoms with Crippen molar-refractivity contribution in [3.05, 3.63) is 33.7 Å². The number of H-pyrrole nitrogens is 1. The van der Waals surface area contributed by atoms with Crippen LogP contribution in [0.15, 0.2) is 17.1 Å². The largest absolute Gasteiger partial charge is 0.329 e. The number of aromatic amines is 1. The third kappa shape index (κ3) is 2.06. The first kappa shape index (κ1) is 11.0. The Morgan fingerprint density at radius 3 is 2.21 bits per heavy atom. The lowest BCUT2D eigenvalue weighted by molar-refractivity contribution is 0.567. The molecule has 0 amide bonds. The van der Waals surface area contributed by atoms with E-state index in [9.17, 15) is 4.79 Å². The zero-order valence-corrected chi connectivity index (χ0v) is 9.64. The number of pyridine rings is 1. The molecule has 0 spiro atoms. The minimum absolute atomic E-state index is 0.0451. The molecule has 0 fully saturated rings. The van der Waals surface area contributed by atoms with Gasteiger partial charge >= 0.3 is 0 Å². The van der Waals surface area contributed by atoms with Gasteiger partial charge in [0.25, 0.3) is 5.56 Å². The first-order chi connectivity index (χ1) is 6.34. The van der Waals surface area contributed by atoms with Crippen LogP contribution in [0.2, 0.25) is 0 Å². The summed E-state index contributed by atoms with van der Waals surface area (Å²) in [6.07, 6.45) is 1.73. The highest BCUT2D eigenvalue weighted by atomic mass is 16.1. The van der Waals surface area contributed by atoms with Crippen LogP contribution >= 0.6 is 0 Å². The Balaban J connectivity index is 3.46. The maximum Gasteiger partial charge on any atom is 0.251 e. The summed E-state index contributed by atoms with van der Waals surface area (Å²) in [5, 5.41) is 0. The number of rotatable bonds is 1. The monoisotopic (exact) mass is 193 g/mol. The van der Waals surface area contributed by atoms with Crippen LogP contribution in [0, 0.1) is 0 Å². The van der Waals surface area contributed by atoms with E-state index in [2.05, 4.69) is 39.6 Å². The molecule has 2 heteroatoms. The van der Waals surface area contributed by atoms with E-state index in [1.165, 1.54) is 0 Å². The summed E-state index contributed by atoms with van der Waals surface area (Å²) in [5.74, 6) is 0.395. The summed E-state index contributed by atoms with van der Waals surface area (Å²) < 4.78 is 0. The molecule has 0 aliphatic heterocycles. The van der Waals surface area contributed by atoms with E-state index in [1.807, 2.05) is 6.07 Å². The van der Waals surface area contributed by atoms with Gasteiger partial charge in [-0.15, -0.1) is 0 Å². The first-order valence-corrected chi connectivity index (χ1v) is 5.06. The summed E-state index contributed by atoms with van der Waals surface area (Å²) in [6.45, 7) is 10.4. The van der Waals surface area contributed by atoms with E-state index in [0.29, 0.717) is 5.92 Å². The number of hydrogen-bond donors (Lipinski definition) is 1. The van der Waals surface area contributed by atoms with Crippen molar-refractivity contribution in [2.75, 3.05) is 0 Å². The van der Waals surface area contributed by atoms with Crippen LogP contribution < -0.4 is 5.56 Å². The van der Waals surface area contributed by atoms with E-state index in [1.54, 1.807) is 6.20 Å². The van der Waals surface area contributed by atoms with Gasteiger partial charge in [-0.3, -0.25) is 4.79 Å². The molecule has 1 N–H and O–H groups in total. The standard InChI is InChI=1S/C12H19NO/c1-8(2)9-6-7-13-11(14)10(9)12(3,4)5/h6-8H,1-5H3,(H,13,14). The highest BCUT2D eigenvalue weighted by molar-refractivity contribution is 5.32. The Morgan fingerprint density at radius 1 is 1.29 bits per heavy atom. The van der Waals surface area contributed by atoms with Crippen LogP contribution in [0.3, 0.4) is 0 Å². The minimum Gasteiger partial charge on any atom is -0.329 e. The summed E-state index contributed by atoms with van der Waals surface area (Å²) >= 11 is 0. The van der Waals surface area contributed by atoms with Crippen molar-refractivity contribution in [2.45, 2.75) is 46.0 Å². The molecule has 0 aliphatic carbocycles. The van der Waals surface area contributed by atoms with Gasteiger partial charge in [-0.1, -0.05) is 34.6 Å². The second kappa shape index (κ2) is 3.60. The van der Waals surface area contributed by atoms with Crippen molar-refractivity contribution in [1.82, 2.24) is 4.98 Å². The first-order valence-electron chi connectivity index (χ1n) is 5.06. The summed E-state index contributed by atoms with van der Waals surface area (Å²) in [4.78, 5) is 14.5. The molecule has 1 aromatic heterocycles. The van der Waals surface area contributed by atoms with Gasteiger partial charge in [-0.25, -0.2) is 0 Å². The number of nitrogens with one attached hydrogen (secondary N) is 1. The van der Waals surface area contributed by atoms with Crippen molar-refractivity contribution in [1.29, 1.82) is 0 Å². The minimum atomic E-state index is -0.0888. The highest BCUT2D eigenvalue weighted by Gasteiger charge is 2.22. The smallest absolute Gasteiger partial charge is 0.251 e. The molecular weight excluding hydrogens is 174 g/mol. The van der Waals surface area contributed by atoms with Crippen molar-refractivity contribution < 1.29 is 0 Å². The Labute approximate surface area is 85.4 Å². The molecule has 0 aliphatic rings. The molecule has 0 saturated heterocycles. The van der Waals surface area contributed by atoms with Crippen LogP contribution in [0.1, 0.15) is 51.7 Å². The van der Waals surface area contributed by atoms with Crippen LogP contribution in [-0.4, -0.2) is 4.98 Å². The quantitative estimate of drug-likeness (QED) is 0.731. The van der Waals surface area contributed by atoms with Gasteiger partial charge in [0.05, 0.1) is 0 Å². The predicted molar refractivity (Wildman–Crippen MR) is 59.9 cm³/mol. The average Bonchev–Trinajstić information content (AvgIpc) is 2.01. The Kier molecular flexibility index (Phi) is 2.84. The Hall–Kier alpha value is -1.05. The zero-order chi connectivity index (χ0) is 10.9. The van der Waals surface area contributed by atoms with Gasteiger partial charge in [0.1, 0.15) is 0 Å². The molecule has 0 bridgehead atoms. The van der Waals surface area contributed by atoms with E-state index >= 15 is 0 Å². The molecule has 78 valence electrons. The molecule has 0 saturated carbocycles. The predicted octanol–water partition coefficient (Wildman–Crippen LogP) is 2.80. The fraction of sp³-hybridized carbons (Fsp3) is 0.583. The highest BCUT2D eigenvalue weighted by Crippen LogP contribution is 2.26. The van der Waals surface area contributed by atoms with E-state index in [-0.39, 0.29) is 11.0 Å². The zero-order valence-electron chi connectivity index (χ0n) is 9.64. The van der Waals surface area contributed by atoms with Crippen LogP contribution in [-0.2, 0) is 5.41 Å². The Morgan fingerprint density at radius 2 is 1.86 bits per heavy atom. The third-order valence-corrected chi connectivity index (χ3v) is 2.37. The topological polar surface area (TPSA) is 32.9 Å². The van der Waals surface area contributed by atoms with Crippen LogP contribution in [0.25, 0.3) is 0 Å².